The summed E-state index contributed by atoms with van der Waals surface area (Å²) in [7, 11) is 0. The molecule has 0 radical (unpaired) electrons. The van der Waals surface area contributed by atoms with Gasteiger partial charge in [-0.05, 0) is 45.0 Å². The number of hydrogen-bond acceptors (Lipinski definition) is 2. The van der Waals surface area contributed by atoms with Crippen molar-refractivity contribution in [3.63, 3.8) is 0 Å². The molecule has 0 spiro atoms. The van der Waals surface area contributed by atoms with Crippen molar-refractivity contribution in [3.8, 4) is 5.75 Å². The Morgan fingerprint density at radius 1 is 1.33 bits per heavy atom. The Bertz CT molecular complexity index is 341. The normalized spacial score (nSPS) is 11.2. The zero-order chi connectivity index (χ0) is 11.5. The third kappa shape index (κ3) is 3.35. The van der Waals surface area contributed by atoms with E-state index in [1.807, 2.05) is 13.8 Å². The zero-order valence-corrected chi connectivity index (χ0v) is 9.21. The first-order valence-electron chi connectivity index (χ1n) is 4.81. The van der Waals surface area contributed by atoms with Crippen LogP contribution in [0.2, 0.25) is 0 Å². The Labute approximate surface area is 89.1 Å². The first-order chi connectivity index (χ1) is 6.92. The zero-order valence-electron chi connectivity index (χ0n) is 9.21. The summed E-state index contributed by atoms with van der Waals surface area (Å²) in [6.45, 7) is 5.47. The second kappa shape index (κ2) is 4.43. The van der Waals surface area contributed by atoms with E-state index in [0.717, 1.165) is 0 Å². The fourth-order valence-electron chi connectivity index (χ4n) is 0.896. The number of benzene rings is 1. The second-order valence-electron chi connectivity index (χ2n) is 4.18. The first kappa shape index (κ1) is 11.7. The quantitative estimate of drug-likeness (QED) is 0.763. The molecule has 0 atom stereocenters. The summed E-state index contributed by atoms with van der Waals surface area (Å²) >= 11 is 0. The molecular formula is C12H15FO2. The number of ether oxygens (including phenoxy) is 1. The first-order valence-corrected chi connectivity index (χ1v) is 4.81. The Hall–Kier alpha value is -1.38. The van der Waals surface area contributed by atoms with E-state index in [4.69, 9.17) is 4.74 Å². The monoisotopic (exact) mass is 210 g/mol. The highest BCUT2D eigenvalue weighted by Crippen LogP contribution is 2.19. The number of hydrogen-bond donors (Lipinski definition) is 0. The van der Waals surface area contributed by atoms with E-state index >= 15 is 0 Å². The van der Waals surface area contributed by atoms with Crippen molar-refractivity contribution in [2.24, 2.45) is 5.41 Å². The lowest BCUT2D eigenvalue weighted by molar-refractivity contribution is -0.126. The maximum Gasteiger partial charge on any atom is 0.138 e. The van der Waals surface area contributed by atoms with Crippen molar-refractivity contribution < 1.29 is 13.9 Å². The molecule has 0 N–H and O–H groups in total. The number of halogens is 1. The van der Waals surface area contributed by atoms with Gasteiger partial charge in [-0.1, -0.05) is 0 Å². The summed E-state index contributed by atoms with van der Waals surface area (Å²) in [4.78, 5) is 11.2. The standard InChI is InChI=1S/C12H15FO2/c1-9(14)12(2,3)8-15-11-6-4-10(13)5-7-11/h4-7H,8H2,1-3H3. The predicted octanol–water partition coefficient (Wildman–Crippen LogP) is 2.82. The van der Waals surface area contributed by atoms with Crippen molar-refractivity contribution >= 4 is 5.78 Å². The molecule has 0 unspecified atom stereocenters. The Morgan fingerprint density at radius 2 is 1.87 bits per heavy atom. The molecule has 0 aliphatic rings. The van der Waals surface area contributed by atoms with Gasteiger partial charge in [0.25, 0.3) is 0 Å². The van der Waals surface area contributed by atoms with E-state index in [1.54, 1.807) is 12.1 Å². The average molecular weight is 210 g/mol. The minimum atomic E-state index is -0.506. The molecule has 3 heteroatoms. The molecule has 1 aromatic rings. The Morgan fingerprint density at radius 3 is 2.33 bits per heavy atom. The summed E-state index contributed by atoms with van der Waals surface area (Å²) in [6.07, 6.45) is 0. The van der Waals surface area contributed by atoms with Crippen LogP contribution in [0.15, 0.2) is 24.3 Å². The minimum absolute atomic E-state index is 0.0737. The molecule has 0 heterocycles. The van der Waals surface area contributed by atoms with E-state index in [2.05, 4.69) is 0 Å². The van der Waals surface area contributed by atoms with Crippen molar-refractivity contribution in [1.82, 2.24) is 0 Å². The molecular weight excluding hydrogens is 195 g/mol. The molecule has 1 aromatic carbocycles. The smallest absolute Gasteiger partial charge is 0.138 e. The van der Waals surface area contributed by atoms with Gasteiger partial charge in [0, 0.05) is 0 Å². The molecule has 0 aromatic heterocycles. The summed E-state index contributed by atoms with van der Waals surface area (Å²) in [6, 6.07) is 5.75. The third-order valence-electron chi connectivity index (χ3n) is 2.37. The minimum Gasteiger partial charge on any atom is -0.493 e. The number of ketones is 1. The molecule has 1 rings (SSSR count). The van der Waals surface area contributed by atoms with Crippen LogP contribution in [0.25, 0.3) is 0 Å². The van der Waals surface area contributed by atoms with Crippen LogP contribution in [0.5, 0.6) is 5.75 Å². The van der Waals surface area contributed by atoms with Crippen molar-refractivity contribution in [2.75, 3.05) is 6.61 Å². The second-order valence-corrected chi connectivity index (χ2v) is 4.18. The van der Waals surface area contributed by atoms with Crippen molar-refractivity contribution in [3.05, 3.63) is 30.1 Å². The van der Waals surface area contributed by atoms with Crippen LogP contribution in [0.1, 0.15) is 20.8 Å². The number of carbonyl (C=O) groups excluding carboxylic acids is 1. The molecule has 0 saturated carbocycles. The molecule has 82 valence electrons. The maximum atomic E-state index is 12.6. The van der Waals surface area contributed by atoms with Gasteiger partial charge in [0.1, 0.15) is 24.0 Å². The maximum absolute atomic E-state index is 12.6. The number of rotatable bonds is 4. The SMILES string of the molecule is CC(=O)C(C)(C)COc1ccc(F)cc1. The molecule has 0 fully saturated rings. The van der Waals surface area contributed by atoms with Gasteiger partial charge >= 0.3 is 0 Å². The lowest BCUT2D eigenvalue weighted by Crippen LogP contribution is -2.28. The number of carbonyl (C=O) groups is 1. The largest absolute Gasteiger partial charge is 0.493 e. The van der Waals surface area contributed by atoms with Gasteiger partial charge in [-0.3, -0.25) is 4.79 Å². The van der Waals surface area contributed by atoms with Crippen LogP contribution in [0.3, 0.4) is 0 Å². The summed E-state index contributed by atoms with van der Waals surface area (Å²) in [5, 5.41) is 0. The van der Waals surface area contributed by atoms with Crippen LogP contribution in [0, 0.1) is 11.2 Å². The highest BCUT2D eigenvalue weighted by molar-refractivity contribution is 5.81. The van der Waals surface area contributed by atoms with Crippen LogP contribution in [-0.4, -0.2) is 12.4 Å². The van der Waals surface area contributed by atoms with Crippen molar-refractivity contribution in [1.29, 1.82) is 0 Å². The van der Waals surface area contributed by atoms with E-state index in [-0.39, 0.29) is 11.6 Å². The van der Waals surface area contributed by atoms with Gasteiger partial charge < -0.3 is 4.74 Å². The lowest BCUT2D eigenvalue weighted by atomic mass is 9.90. The third-order valence-corrected chi connectivity index (χ3v) is 2.37. The van der Waals surface area contributed by atoms with E-state index < -0.39 is 5.41 Å². The van der Waals surface area contributed by atoms with Gasteiger partial charge in [-0.25, -0.2) is 4.39 Å². The summed E-state index contributed by atoms with van der Waals surface area (Å²) in [5.41, 5.74) is -0.506. The van der Waals surface area contributed by atoms with Gasteiger partial charge in [-0.2, -0.15) is 0 Å². The Balaban J connectivity index is 2.57. The molecule has 2 nitrogen and oxygen atoms in total. The van der Waals surface area contributed by atoms with Gasteiger partial charge in [-0.15, -0.1) is 0 Å². The lowest BCUT2D eigenvalue weighted by Gasteiger charge is -2.21. The molecule has 0 saturated heterocycles. The van der Waals surface area contributed by atoms with Gasteiger partial charge in [0.2, 0.25) is 0 Å². The fraction of sp³-hybridized carbons (Fsp3) is 0.417. The van der Waals surface area contributed by atoms with Crippen LogP contribution >= 0.6 is 0 Å². The highest BCUT2D eigenvalue weighted by Gasteiger charge is 2.24. The fourth-order valence-corrected chi connectivity index (χ4v) is 0.896. The van der Waals surface area contributed by atoms with Crippen LogP contribution in [-0.2, 0) is 4.79 Å². The van der Waals surface area contributed by atoms with Crippen LogP contribution < -0.4 is 4.74 Å². The molecule has 15 heavy (non-hydrogen) atoms. The summed E-state index contributed by atoms with van der Waals surface area (Å²) < 4.78 is 18.0. The summed E-state index contributed by atoms with van der Waals surface area (Å²) in [5.74, 6) is 0.350. The highest BCUT2D eigenvalue weighted by atomic mass is 19.1. The molecule has 0 bridgehead atoms. The molecule has 0 aliphatic heterocycles. The van der Waals surface area contributed by atoms with Crippen molar-refractivity contribution in [2.45, 2.75) is 20.8 Å². The molecule has 0 amide bonds. The van der Waals surface area contributed by atoms with Gasteiger partial charge in [0.15, 0.2) is 0 Å². The van der Waals surface area contributed by atoms with Crippen LogP contribution in [0.4, 0.5) is 4.39 Å². The van der Waals surface area contributed by atoms with E-state index in [9.17, 15) is 9.18 Å². The van der Waals surface area contributed by atoms with Gasteiger partial charge in [0.05, 0.1) is 5.41 Å². The number of Topliss-reactive ketones (excluding diaryl/α,β-unsaturated/α-hetero) is 1. The molecule has 0 aliphatic carbocycles. The topological polar surface area (TPSA) is 26.3 Å². The predicted molar refractivity (Wildman–Crippen MR) is 56.4 cm³/mol. The Kier molecular flexibility index (Phi) is 3.45. The van der Waals surface area contributed by atoms with E-state index in [0.29, 0.717) is 12.4 Å². The average Bonchev–Trinajstić information content (AvgIpc) is 2.17. The van der Waals surface area contributed by atoms with E-state index in [1.165, 1.54) is 19.1 Å².